The van der Waals surface area contributed by atoms with E-state index in [1.165, 1.54) is 0 Å². The molecule has 0 radical (unpaired) electrons. The van der Waals surface area contributed by atoms with Gasteiger partial charge in [-0.2, -0.15) is 5.26 Å². The van der Waals surface area contributed by atoms with Crippen molar-refractivity contribution >= 4 is 28.0 Å². The van der Waals surface area contributed by atoms with Crippen molar-refractivity contribution in [3.05, 3.63) is 10.4 Å². The normalized spacial score (nSPS) is 9.95. The minimum Gasteiger partial charge on any atom is -0.462 e. The van der Waals surface area contributed by atoms with Crippen molar-refractivity contribution in [2.24, 2.45) is 0 Å². The van der Waals surface area contributed by atoms with Gasteiger partial charge >= 0.3 is 5.97 Å². The molecule has 0 aliphatic heterocycles. The van der Waals surface area contributed by atoms with Crippen molar-refractivity contribution in [2.45, 2.75) is 13.8 Å². The first kappa shape index (κ1) is 15.3. The van der Waals surface area contributed by atoms with Gasteiger partial charge in [-0.3, -0.25) is 0 Å². The predicted octanol–water partition coefficient (Wildman–Crippen LogP) is 1.83. The first-order valence-electron chi connectivity index (χ1n) is 5.96. The van der Waals surface area contributed by atoms with Crippen LogP contribution in [0.5, 0.6) is 0 Å². The van der Waals surface area contributed by atoms with Crippen molar-refractivity contribution in [1.29, 1.82) is 5.26 Å². The number of thiophene rings is 1. The fourth-order valence-electron chi connectivity index (χ4n) is 1.41. The number of hydrogen-bond donors (Lipinski definition) is 2. The summed E-state index contributed by atoms with van der Waals surface area (Å²) in [7, 11) is 0. The van der Waals surface area contributed by atoms with E-state index < -0.39 is 5.97 Å². The third-order valence-electron chi connectivity index (χ3n) is 2.25. The predicted molar refractivity (Wildman–Crippen MR) is 74.4 cm³/mol. The Labute approximate surface area is 116 Å². The van der Waals surface area contributed by atoms with Crippen LogP contribution >= 0.6 is 11.3 Å². The number of carbonyl (C=O) groups excluding carboxylic acids is 1. The van der Waals surface area contributed by atoms with Crippen LogP contribution < -0.4 is 11.1 Å². The molecule has 0 bridgehead atoms. The highest BCUT2D eigenvalue weighted by molar-refractivity contribution is 7.18. The van der Waals surface area contributed by atoms with E-state index in [0.29, 0.717) is 24.8 Å². The molecule has 104 valence electrons. The second kappa shape index (κ2) is 7.61. The van der Waals surface area contributed by atoms with Gasteiger partial charge in [-0.1, -0.05) is 0 Å². The standard InChI is InChI=1S/C12H17N3O3S/c1-3-17-6-5-15-11-8(7-13)9(14)10(19-11)12(16)18-4-2/h15H,3-6,14H2,1-2H3. The molecule has 7 heteroatoms. The molecule has 1 heterocycles. The molecule has 3 N–H and O–H groups in total. The molecule has 1 aromatic rings. The van der Waals surface area contributed by atoms with Crippen molar-refractivity contribution in [2.75, 3.05) is 37.4 Å². The van der Waals surface area contributed by atoms with E-state index in [1.807, 2.05) is 13.0 Å². The highest BCUT2D eigenvalue weighted by atomic mass is 32.1. The smallest absolute Gasteiger partial charge is 0.350 e. The Morgan fingerprint density at radius 2 is 2.21 bits per heavy atom. The van der Waals surface area contributed by atoms with Crippen LogP contribution in [0.15, 0.2) is 0 Å². The molecule has 0 unspecified atom stereocenters. The lowest BCUT2D eigenvalue weighted by Crippen LogP contribution is -2.09. The highest BCUT2D eigenvalue weighted by Crippen LogP contribution is 2.35. The minimum atomic E-state index is -0.501. The number of anilines is 2. The second-order valence-corrected chi connectivity index (χ2v) is 4.53. The van der Waals surface area contributed by atoms with Gasteiger partial charge in [-0.05, 0) is 13.8 Å². The van der Waals surface area contributed by atoms with Crippen LogP contribution in [0.1, 0.15) is 29.1 Å². The number of nitrogens with one attached hydrogen (secondary N) is 1. The maximum absolute atomic E-state index is 11.7. The number of nitriles is 1. The number of nitrogens with zero attached hydrogens (tertiary/aromatic N) is 1. The number of rotatable bonds is 7. The van der Waals surface area contributed by atoms with Gasteiger partial charge in [0, 0.05) is 13.2 Å². The highest BCUT2D eigenvalue weighted by Gasteiger charge is 2.21. The van der Waals surface area contributed by atoms with Crippen LogP contribution in [-0.4, -0.2) is 32.3 Å². The molecule has 0 saturated heterocycles. The average molecular weight is 283 g/mol. The summed E-state index contributed by atoms with van der Waals surface area (Å²) in [6, 6.07) is 2.00. The number of esters is 1. The monoisotopic (exact) mass is 283 g/mol. The lowest BCUT2D eigenvalue weighted by Gasteiger charge is -2.03. The molecule has 0 aliphatic carbocycles. The van der Waals surface area contributed by atoms with Crippen LogP contribution in [-0.2, 0) is 9.47 Å². The minimum absolute atomic E-state index is 0.171. The number of ether oxygens (including phenoxy) is 2. The van der Waals surface area contributed by atoms with Crippen molar-refractivity contribution in [1.82, 2.24) is 0 Å². The Kier molecular flexibility index (Phi) is 6.12. The molecule has 0 spiro atoms. The van der Waals surface area contributed by atoms with Gasteiger partial charge in [0.25, 0.3) is 0 Å². The molecular formula is C12H17N3O3S. The van der Waals surface area contributed by atoms with Gasteiger partial charge in [-0.15, -0.1) is 11.3 Å². The topological polar surface area (TPSA) is 97.4 Å². The Bertz CT molecular complexity index is 479. The Balaban J connectivity index is 2.84. The van der Waals surface area contributed by atoms with Gasteiger partial charge < -0.3 is 20.5 Å². The average Bonchev–Trinajstić information content (AvgIpc) is 2.71. The fourth-order valence-corrected chi connectivity index (χ4v) is 2.40. The lowest BCUT2D eigenvalue weighted by molar-refractivity contribution is 0.0533. The fraction of sp³-hybridized carbons (Fsp3) is 0.500. The number of carbonyl (C=O) groups is 1. The Morgan fingerprint density at radius 3 is 2.79 bits per heavy atom. The van der Waals surface area contributed by atoms with Gasteiger partial charge in [-0.25, -0.2) is 4.79 Å². The quantitative estimate of drug-likeness (QED) is 0.585. The van der Waals surface area contributed by atoms with Crippen LogP contribution in [0.2, 0.25) is 0 Å². The maximum Gasteiger partial charge on any atom is 0.350 e. The second-order valence-electron chi connectivity index (χ2n) is 3.50. The van der Waals surface area contributed by atoms with Gasteiger partial charge in [0.2, 0.25) is 0 Å². The molecule has 0 aliphatic rings. The Morgan fingerprint density at radius 1 is 1.47 bits per heavy atom. The van der Waals surface area contributed by atoms with E-state index in [9.17, 15) is 4.79 Å². The van der Waals surface area contributed by atoms with Gasteiger partial charge in [0.15, 0.2) is 0 Å². The molecule has 0 aromatic carbocycles. The van der Waals surface area contributed by atoms with E-state index >= 15 is 0 Å². The van der Waals surface area contributed by atoms with E-state index in [2.05, 4.69) is 5.32 Å². The number of nitrogens with two attached hydrogens (primary N) is 1. The van der Waals surface area contributed by atoms with Crippen molar-refractivity contribution < 1.29 is 14.3 Å². The van der Waals surface area contributed by atoms with E-state index in [1.54, 1.807) is 6.92 Å². The molecule has 0 fully saturated rings. The molecular weight excluding hydrogens is 266 g/mol. The van der Waals surface area contributed by atoms with Crippen molar-refractivity contribution in [3.8, 4) is 6.07 Å². The van der Waals surface area contributed by atoms with Crippen LogP contribution in [0.4, 0.5) is 10.7 Å². The summed E-state index contributed by atoms with van der Waals surface area (Å²) in [5.41, 5.74) is 6.25. The first-order valence-corrected chi connectivity index (χ1v) is 6.78. The molecule has 0 saturated carbocycles. The summed E-state index contributed by atoms with van der Waals surface area (Å²) in [6.45, 7) is 5.59. The summed E-state index contributed by atoms with van der Waals surface area (Å²) in [5.74, 6) is -0.501. The van der Waals surface area contributed by atoms with E-state index in [4.69, 9.17) is 20.5 Å². The van der Waals surface area contributed by atoms with Crippen molar-refractivity contribution in [3.63, 3.8) is 0 Å². The third-order valence-corrected chi connectivity index (χ3v) is 3.40. The number of hydrogen-bond acceptors (Lipinski definition) is 7. The van der Waals surface area contributed by atoms with Gasteiger partial charge in [0.05, 0.1) is 18.9 Å². The van der Waals surface area contributed by atoms with Crippen LogP contribution in [0.25, 0.3) is 0 Å². The SMILES string of the molecule is CCOCCNc1sc(C(=O)OCC)c(N)c1C#N. The lowest BCUT2D eigenvalue weighted by atomic mass is 10.2. The van der Waals surface area contributed by atoms with E-state index in [-0.39, 0.29) is 22.7 Å². The van der Waals surface area contributed by atoms with Crippen LogP contribution in [0.3, 0.4) is 0 Å². The van der Waals surface area contributed by atoms with Gasteiger partial charge in [0.1, 0.15) is 21.5 Å². The molecule has 19 heavy (non-hydrogen) atoms. The zero-order valence-electron chi connectivity index (χ0n) is 11.0. The summed E-state index contributed by atoms with van der Waals surface area (Å²) in [6.07, 6.45) is 0. The third kappa shape index (κ3) is 3.84. The molecule has 1 rings (SSSR count). The maximum atomic E-state index is 11.7. The summed E-state index contributed by atoms with van der Waals surface area (Å²) in [5, 5.41) is 12.7. The summed E-state index contributed by atoms with van der Waals surface area (Å²) < 4.78 is 10.1. The molecule has 0 atom stereocenters. The molecule has 0 amide bonds. The Hall–Kier alpha value is -1.78. The zero-order valence-corrected chi connectivity index (χ0v) is 11.8. The number of nitrogen functional groups attached to an aromatic ring is 1. The van der Waals surface area contributed by atoms with Crippen LogP contribution in [0, 0.1) is 11.3 Å². The summed E-state index contributed by atoms with van der Waals surface area (Å²) >= 11 is 1.13. The molecule has 6 nitrogen and oxygen atoms in total. The van der Waals surface area contributed by atoms with E-state index in [0.717, 1.165) is 11.3 Å². The summed E-state index contributed by atoms with van der Waals surface area (Å²) in [4.78, 5) is 11.9. The largest absolute Gasteiger partial charge is 0.462 e. The zero-order chi connectivity index (χ0) is 14.3. The first-order chi connectivity index (χ1) is 9.15. The molecule has 1 aromatic heterocycles.